The second kappa shape index (κ2) is 8.93. The van der Waals surface area contributed by atoms with E-state index >= 15 is 0 Å². The van der Waals surface area contributed by atoms with Gasteiger partial charge in [-0.1, -0.05) is 19.2 Å². The number of benzene rings is 1. The van der Waals surface area contributed by atoms with E-state index < -0.39 is 5.97 Å². The highest BCUT2D eigenvalue weighted by Gasteiger charge is 2.07. The maximum Gasteiger partial charge on any atom is 0.333 e. The van der Waals surface area contributed by atoms with E-state index in [0.29, 0.717) is 30.6 Å². The van der Waals surface area contributed by atoms with Gasteiger partial charge in [-0.15, -0.1) is 0 Å². The molecular formula is C19H22O4. The summed E-state index contributed by atoms with van der Waals surface area (Å²) in [6.45, 7) is 12.8. The van der Waals surface area contributed by atoms with Crippen LogP contribution in [0, 0.1) is 19.1 Å². The Morgan fingerprint density at radius 1 is 1.04 bits per heavy atom. The third-order valence-corrected chi connectivity index (χ3v) is 3.13. The van der Waals surface area contributed by atoms with Gasteiger partial charge in [0.25, 0.3) is 0 Å². The van der Waals surface area contributed by atoms with Gasteiger partial charge in [-0.25, -0.2) is 9.59 Å². The number of rotatable bonds is 8. The molecule has 1 rings (SSSR count). The Morgan fingerprint density at radius 2 is 1.57 bits per heavy atom. The van der Waals surface area contributed by atoms with E-state index in [-0.39, 0.29) is 12.6 Å². The lowest BCUT2D eigenvalue weighted by atomic mass is 10.0. The smallest absolute Gasteiger partial charge is 0.333 e. The molecule has 0 saturated heterocycles. The van der Waals surface area contributed by atoms with Crippen LogP contribution in [0.15, 0.2) is 30.4 Å². The van der Waals surface area contributed by atoms with E-state index in [4.69, 9.17) is 9.47 Å². The van der Waals surface area contributed by atoms with Crippen LogP contribution >= 0.6 is 0 Å². The largest absolute Gasteiger partial charge is 0.462 e. The first-order valence-corrected chi connectivity index (χ1v) is 7.39. The predicted molar refractivity (Wildman–Crippen MR) is 87.8 cm³/mol. The molecular weight excluding hydrogens is 292 g/mol. The van der Waals surface area contributed by atoms with Crippen LogP contribution < -0.4 is 0 Å². The predicted octanol–water partition coefficient (Wildman–Crippen LogP) is 2.92. The molecule has 0 heterocycles. The molecule has 2 radical (unpaired) electrons. The molecule has 122 valence electrons. The summed E-state index contributed by atoms with van der Waals surface area (Å²) < 4.78 is 10.1. The molecule has 0 aromatic heterocycles. The van der Waals surface area contributed by atoms with Gasteiger partial charge in [-0.2, -0.15) is 0 Å². The van der Waals surface area contributed by atoms with Gasteiger partial charge in [0, 0.05) is 24.0 Å². The van der Waals surface area contributed by atoms with Crippen LogP contribution in [0.25, 0.3) is 0 Å². The van der Waals surface area contributed by atoms with Crippen molar-refractivity contribution in [3.8, 4) is 0 Å². The first-order valence-electron chi connectivity index (χ1n) is 7.39. The number of hydrogen-bond acceptors (Lipinski definition) is 4. The summed E-state index contributed by atoms with van der Waals surface area (Å²) in [5.41, 5.74) is 3.60. The van der Waals surface area contributed by atoms with Crippen LogP contribution in [-0.2, 0) is 31.9 Å². The van der Waals surface area contributed by atoms with E-state index in [9.17, 15) is 9.59 Å². The van der Waals surface area contributed by atoms with E-state index in [1.165, 1.54) is 0 Å². The molecule has 23 heavy (non-hydrogen) atoms. The average Bonchev–Trinajstić information content (AvgIpc) is 2.48. The zero-order valence-corrected chi connectivity index (χ0v) is 14.0. The highest BCUT2D eigenvalue weighted by molar-refractivity contribution is 5.87. The average molecular weight is 314 g/mol. The fourth-order valence-electron chi connectivity index (χ4n) is 1.77. The second-order valence-electron chi connectivity index (χ2n) is 5.37. The highest BCUT2D eigenvalue weighted by atomic mass is 16.5. The Hall–Kier alpha value is -2.36. The van der Waals surface area contributed by atoms with Crippen LogP contribution in [0.1, 0.15) is 30.5 Å². The maximum atomic E-state index is 11.3. The van der Waals surface area contributed by atoms with Crippen LogP contribution in [0.2, 0.25) is 0 Å². The summed E-state index contributed by atoms with van der Waals surface area (Å²) in [5, 5.41) is 0. The standard InChI is InChI=1S/C19H22O4/c1-13(2)18(20)22-10-8-16-6-7-17(15(5)12-16)9-11-23-19(21)14(3)4/h7H,1,3,8-11H2,2,4-5H3. The lowest BCUT2D eigenvalue weighted by Gasteiger charge is -2.09. The zero-order chi connectivity index (χ0) is 17.4. The quantitative estimate of drug-likeness (QED) is 0.547. The second-order valence-corrected chi connectivity index (χ2v) is 5.37. The minimum atomic E-state index is -0.391. The van der Waals surface area contributed by atoms with Gasteiger partial charge < -0.3 is 9.47 Å². The van der Waals surface area contributed by atoms with Crippen LogP contribution in [0.5, 0.6) is 0 Å². The molecule has 0 atom stereocenters. The fraction of sp³-hybridized carbons (Fsp3) is 0.368. The van der Waals surface area contributed by atoms with Gasteiger partial charge in [0.2, 0.25) is 0 Å². The number of aryl methyl sites for hydroxylation is 1. The van der Waals surface area contributed by atoms with Gasteiger partial charge in [0.15, 0.2) is 0 Å². The molecule has 0 aliphatic rings. The first kappa shape index (κ1) is 18.7. The van der Waals surface area contributed by atoms with Crippen molar-refractivity contribution in [1.29, 1.82) is 0 Å². The SMILES string of the molecule is C=C(C)C(=O)OCCc1[c]cc(CCOC(=O)C(=C)C)c(C)[c]1. The maximum absolute atomic E-state index is 11.3. The molecule has 4 heteroatoms. The molecule has 0 N–H and O–H groups in total. The van der Waals surface area contributed by atoms with Crippen molar-refractivity contribution in [1.82, 2.24) is 0 Å². The molecule has 1 aromatic carbocycles. The molecule has 0 fully saturated rings. The number of ether oxygens (including phenoxy) is 2. The third-order valence-electron chi connectivity index (χ3n) is 3.13. The Kier molecular flexibility index (Phi) is 7.26. The molecule has 0 aliphatic heterocycles. The van der Waals surface area contributed by atoms with Crippen LogP contribution in [-0.4, -0.2) is 25.2 Å². The van der Waals surface area contributed by atoms with Gasteiger partial charge in [-0.3, -0.25) is 0 Å². The van der Waals surface area contributed by atoms with E-state index in [1.54, 1.807) is 13.8 Å². The molecule has 0 unspecified atom stereocenters. The topological polar surface area (TPSA) is 52.6 Å². The minimum absolute atomic E-state index is 0.272. The molecule has 0 saturated carbocycles. The van der Waals surface area contributed by atoms with Crippen molar-refractivity contribution < 1.29 is 19.1 Å². The molecule has 0 amide bonds. The van der Waals surface area contributed by atoms with Gasteiger partial charge in [-0.05, 0) is 49.6 Å². The summed E-state index contributed by atoms with van der Waals surface area (Å²) in [7, 11) is 0. The summed E-state index contributed by atoms with van der Waals surface area (Å²) >= 11 is 0. The molecule has 1 aromatic rings. The number of carbonyl (C=O) groups is 2. The van der Waals surface area contributed by atoms with E-state index in [0.717, 1.165) is 16.7 Å². The number of hydrogen-bond donors (Lipinski definition) is 0. The molecule has 0 aliphatic carbocycles. The number of esters is 2. The van der Waals surface area contributed by atoms with Gasteiger partial charge in [0.1, 0.15) is 0 Å². The molecule has 0 bridgehead atoms. The Labute approximate surface area is 137 Å². The lowest BCUT2D eigenvalue weighted by Crippen LogP contribution is -2.09. The monoisotopic (exact) mass is 314 g/mol. The van der Waals surface area contributed by atoms with Gasteiger partial charge in [0.05, 0.1) is 13.2 Å². The third kappa shape index (κ3) is 6.51. The summed E-state index contributed by atoms with van der Waals surface area (Å²) in [6.07, 6.45) is 1.15. The molecule has 4 nitrogen and oxygen atoms in total. The van der Waals surface area contributed by atoms with Crippen LogP contribution in [0.3, 0.4) is 0 Å². The lowest BCUT2D eigenvalue weighted by molar-refractivity contribution is -0.139. The van der Waals surface area contributed by atoms with Crippen LogP contribution in [0.4, 0.5) is 0 Å². The molecule has 0 spiro atoms. The summed E-state index contributed by atoms with van der Waals surface area (Å²) in [4.78, 5) is 22.6. The Morgan fingerprint density at radius 3 is 2.04 bits per heavy atom. The van der Waals surface area contributed by atoms with Crippen molar-refractivity contribution in [2.24, 2.45) is 0 Å². The summed E-state index contributed by atoms with van der Waals surface area (Å²) in [5.74, 6) is -0.774. The van der Waals surface area contributed by atoms with Gasteiger partial charge >= 0.3 is 11.9 Å². The highest BCUT2D eigenvalue weighted by Crippen LogP contribution is 2.12. The van der Waals surface area contributed by atoms with Crippen molar-refractivity contribution in [2.75, 3.05) is 13.2 Å². The van der Waals surface area contributed by atoms with Crippen molar-refractivity contribution in [2.45, 2.75) is 33.6 Å². The normalized spacial score (nSPS) is 10.0. The van der Waals surface area contributed by atoms with E-state index in [1.807, 2.05) is 13.0 Å². The Bertz CT molecular complexity index is 614. The number of carbonyl (C=O) groups excluding carboxylic acids is 2. The zero-order valence-electron chi connectivity index (χ0n) is 14.0. The van der Waals surface area contributed by atoms with Crippen molar-refractivity contribution in [3.63, 3.8) is 0 Å². The summed E-state index contributed by atoms with van der Waals surface area (Å²) in [6, 6.07) is 8.18. The van der Waals surface area contributed by atoms with Crippen molar-refractivity contribution in [3.05, 3.63) is 59.2 Å². The van der Waals surface area contributed by atoms with Crippen molar-refractivity contribution >= 4 is 11.9 Å². The van der Waals surface area contributed by atoms with E-state index in [2.05, 4.69) is 25.3 Å². The first-order chi connectivity index (χ1) is 10.8. The minimum Gasteiger partial charge on any atom is -0.462 e. The Balaban J connectivity index is 2.48. The fourth-order valence-corrected chi connectivity index (χ4v) is 1.77.